The van der Waals surface area contributed by atoms with E-state index >= 15 is 0 Å². The van der Waals surface area contributed by atoms with E-state index in [4.69, 9.17) is 13.5 Å². The summed E-state index contributed by atoms with van der Waals surface area (Å²) in [5, 5.41) is 10.7. The summed E-state index contributed by atoms with van der Waals surface area (Å²) in [7, 11) is -2.57. The fourth-order valence-corrected chi connectivity index (χ4v) is 0.724. The molecular weight excluding hydrogens is 188 g/mol. The Morgan fingerprint density at radius 1 is 1.64 bits per heavy atom. The second kappa shape index (κ2) is 6.10. The van der Waals surface area contributed by atoms with Gasteiger partial charge in [0.1, 0.15) is 0 Å². The van der Waals surface area contributed by atoms with E-state index in [0.29, 0.717) is 5.06 Å². The Morgan fingerprint density at radius 3 is 2.27 bits per heavy atom. The number of hydrogen-bond donors (Lipinski definition) is 4. The zero-order valence-electron chi connectivity index (χ0n) is 5.43. The van der Waals surface area contributed by atoms with Crippen molar-refractivity contribution in [2.45, 2.75) is 0 Å². The van der Waals surface area contributed by atoms with Gasteiger partial charge in [-0.25, -0.2) is 8.42 Å². The molecule has 1 aromatic rings. The predicted octanol–water partition coefficient (Wildman–Crippen LogP) is -0.570. The molecule has 0 aliphatic rings. The van der Waals surface area contributed by atoms with Gasteiger partial charge >= 0.3 is 0 Å². The normalized spacial score (nSPS) is 8.91. The largest absolute Gasteiger partial charge is 0.499 e. The molecule has 1 rings (SSSR count). The third-order valence-electron chi connectivity index (χ3n) is 0.612. The number of nitrogens with one attached hydrogen (secondary N) is 1. The molecule has 0 aliphatic heterocycles. The van der Waals surface area contributed by atoms with E-state index in [2.05, 4.69) is 5.84 Å². The van der Waals surface area contributed by atoms with Crippen LogP contribution in [0.4, 0.5) is 0 Å². The Labute approximate surface area is 69.5 Å². The molecule has 0 aliphatic carbocycles. The summed E-state index contributed by atoms with van der Waals surface area (Å²) in [4.78, 5) is 1.48. The number of hydrogen-bond acceptors (Lipinski definition) is 5. The summed E-state index contributed by atoms with van der Waals surface area (Å²) in [6.07, 6.45) is 0. The second-order valence-corrected chi connectivity index (χ2v) is 3.04. The molecule has 64 valence electrons. The molecule has 5 nitrogen and oxygen atoms in total. The minimum atomic E-state index is -2.57. The van der Waals surface area contributed by atoms with Crippen LogP contribution in [-0.2, 0) is 10.9 Å². The molecular formula is C4H8N2O3S2. The van der Waals surface area contributed by atoms with Gasteiger partial charge < -0.3 is 5.11 Å². The minimum Gasteiger partial charge on any atom is -0.499 e. The summed E-state index contributed by atoms with van der Waals surface area (Å²) in [5.74, 6) is 4.33. The van der Waals surface area contributed by atoms with Gasteiger partial charge in [0.05, 0.1) is 0 Å². The van der Waals surface area contributed by atoms with Crippen LogP contribution in [0.15, 0.2) is 17.5 Å². The van der Waals surface area contributed by atoms with E-state index in [1.165, 1.54) is 16.2 Å². The summed E-state index contributed by atoms with van der Waals surface area (Å²) >= 11 is 1.33. The van der Waals surface area contributed by atoms with Gasteiger partial charge in [-0.15, -0.1) is 11.3 Å². The van der Waals surface area contributed by atoms with Crippen LogP contribution in [0.5, 0.6) is 5.06 Å². The van der Waals surface area contributed by atoms with Crippen LogP contribution in [0.25, 0.3) is 0 Å². The van der Waals surface area contributed by atoms with E-state index in [-0.39, 0.29) is 0 Å². The Morgan fingerprint density at radius 2 is 2.18 bits per heavy atom. The smallest absolute Gasteiger partial charge is 0.213 e. The highest BCUT2D eigenvalue weighted by atomic mass is 32.2. The van der Waals surface area contributed by atoms with Crippen LogP contribution in [0.1, 0.15) is 0 Å². The monoisotopic (exact) mass is 196 g/mol. The van der Waals surface area contributed by atoms with Crippen molar-refractivity contribution < 1.29 is 13.5 Å². The molecule has 11 heavy (non-hydrogen) atoms. The molecule has 0 bridgehead atoms. The maximum absolute atomic E-state index is 9.17. The van der Waals surface area contributed by atoms with Crippen molar-refractivity contribution in [3.05, 3.63) is 17.5 Å². The van der Waals surface area contributed by atoms with Gasteiger partial charge in [-0.3, -0.25) is 5.84 Å². The minimum absolute atomic E-state index is 0.384. The highest BCUT2D eigenvalue weighted by molar-refractivity contribution is 7.70. The van der Waals surface area contributed by atoms with Crippen LogP contribution in [0, 0.1) is 0 Å². The van der Waals surface area contributed by atoms with Gasteiger partial charge in [-0.1, -0.05) is 0 Å². The van der Waals surface area contributed by atoms with Gasteiger partial charge in [0.15, 0.2) is 5.06 Å². The lowest BCUT2D eigenvalue weighted by molar-refractivity contribution is 0.491. The van der Waals surface area contributed by atoms with E-state index in [1.807, 2.05) is 5.38 Å². The standard InChI is InChI=1S/C4H4OS.H4N2O2S/c5-4-2-1-3-6-4;1-2-5(3)4/h1-3,5H;5H,1H2,(H,2,3,4). The maximum Gasteiger partial charge on any atom is 0.213 e. The van der Waals surface area contributed by atoms with Gasteiger partial charge in [0.2, 0.25) is 10.9 Å². The molecule has 7 heteroatoms. The first-order chi connectivity index (χ1) is 5.16. The summed E-state index contributed by atoms with van der Waals surface area (Å²) in [5.41, 5.74) is 0. The molecule has 4 N–H and O–H groups in total. The van der Waals surface area contributed by atoms with Crippen molar-refractivity contribution in [2.24, 2.45) is 5.84 Å². The van der Waals surface area contributed by atoms with Crippen molar-refractivity contribution in [1.29, 1.82) is 0 Å². The average Bonchev–Trinajstić information content (AvgIpc) is 2.41. The molecule has 0 spiro atoms. The van der Waals surface area contributed by atoms with Crippen molar-refractivity contribution in [1.82, 2.24) is 4.83 Å². The van der Waals surface area contributed by atoms with E-state index < -0.39 is 10.9 Å². The lowest BCUT2D eigenvalue weighted by atomic mass is 10.7. The van der Waals surface area contributed by atoms with Crippen LogP contribution < -0.4 is 10.7 Å². The second-order valence-electron chi connectivity index (χ2n) is 1.34. The van der Waals surface area contributed by atoms with E-state index in [9.17, 15) is 0 Å². The summed E-state index contributed by atoms with van der Waals surface area (Å²) < 4.78 is 18.3. The average molecular weight is 196 g/mol. The molecule has 0 saturated carbocycles. The number of rotatable bonds is 1. The first kappa shape index (κ1) is 10.4. The summed E-state index contributed by atoms with van der Waals surface area (Å²) in [6.45, 7) is 0. The highest BCUT2D eigenvalue weighted by Crippen LogP contribution is 2.14. The third-order valence-corrected chi connectivity index (χ3v) is 1.49. The molecule has 0 atom stereocenters. The van der Waals surface area contributed by atoms with Gasteiger partial charge in [-0.05, 0) is 17.5 Å². The first-order valence-corrected chi connectivity index (χ1v) is 4.55. The lowest BCUT2D eigenvalue weighted by Gasteiger charge is -1.68. The van der Waals surface area contributed by atoms with Crippen LogP contribution in [0.3, 0.4) is 0 Å². The Hall–Kier alpha value is -0.630. The van der Waals surface area contributed by atoms with Crippen LogP contribution >= 0.6 is 11.3 Å². The molecule has 0 fully saturated rings. The molecule has 0 aromatic carbocycles. The lowest BCUT2D eigenvalue weighted by Crippen LogP contribution is -2.18. The molecule has 1 heterocycles. The fraction of sp³-hybridized carbons (Fsp3) is 0. The topological polar surface area (TPSA) is 92.4 Å². The Balaban J connectivity index is 0.000000187. The van der Waals surface area contributed by atoms with Crippen molar-refractivity contribution >= 4 is 22.2 Å². The molecule has 1 aromatic heterocycles. The van der Waals surface area contributed by atoms with E-state index in [0.717, 1.165) is 0 Å². The molecule has 0 saturated heterocycles. The van der Waals surface area contributed by atoms with Crippen molar-refractivity contribution in [3.63, 3.8) is 0 Å². The quantitative estimate of drug-likeness (QED) is 0.275. The Kier molecular flexibility index (Phi) is 5.75. The van der Waals surface area contributed by atoms with Crippen LogP contribution in [-0.4, -0.2) is 13.5 Å². The SMILES string of the molecule is NN[SH](=O)=O.Oc1cccs1. The van der Waals surface area contributed by atoms with Gasteiger partial charge in [-0.2, -0.15) is 4.83 Å². The number of nitrogens with two attached hydrogens (primary N) is 1. The molecule has 0 unspecified atom stereocenters. The van der Waals surface area contributed by atoms with Crippen LogP contribution in [0.2, 0.25) is 0 Å². The first-order valence-electron chi connectivity index (χ1n) is 2.50. The van der Waals surface area contributed by atoms with Gasteiger partial charge in [0.25, 0.3) is 0 Å². The number of thiophene rings is 1. The maximum atomic E-state index is 9.17. The highest BCUT2D eigenvalue weighted by Gasteiger charge is 1.77. The Bertz CT molecular complexity index is 236. The molecule has 0 amide bonds. The third kappa shape index (κ3) is 7.26. The van der Waals surface area contributed by atoms with E-state index in [1.54, 1.807) is 12.1 Å². The summed E-state index contributed by atoms with van der Waals surface area (Å²) in [6, 6.07) is 3.46. The van der Waals surface area contributed by atoms with Crippen molar-refractivity contribution in [3.8, 4) is 5.06 Å². The zero-order chi connectivity index (χ0) is 8.69. The van der Waals surface area contributed by atoms with Gasteiger partial charge in [0, 0.05) is 0 Å². The fourth-order valence-electron chi connectivity index (χ4n) is 0.270. The zero-order valence-corrected chi connectivity index (χ0v) is 7.14. The predicted molar refractivity (Wildman–Crippen MR) is 43.6 cm³/mol. The number of thiol groups is 1. The molecule has 0 radical (unpaired) electrons. The number of aromatic hydroxyl groups is 1. The van der Waals surface area contributed by atoms with Crippen molar-refractivity contribution in [2.75, 3.05) is 0 Å². The number of hydrazine groups is 1.